The highest BCUT2D eigenvalue weighted by atomic mass is 32.1. The molecule has 0 saturated carbocycles. The van der Waals surface area contributed by atoms with Crippen LogP contribution in [0.3, 0.4) is 0 Å². The van der Waals surface area contributed by atoms with E-state index in [4.69, 9.17) is 17.0 Å². The molecular formula is C14H14N2O5S. The molecule has 2 N–H and O–H groups in total. The molecule has 1 heterocycles. The number of hydrogen-bond acceptors (Lipinski definition) is 6. The second-order valence-corrected chi connectivity index (χ2v) is 4.77. The number of hydrogen-bond donors (Lipinski definition) is 2. The standard InChI is InChI=1S/C14H14N2O5S/c1-20-11-4-3-8(6-10(11)17)5-9-13(19)16(14(22)15-9)7-12(18)21-2/h3-6,17H,7H2,1-2H3,(H,15,22)/b9-5-. The van der Waals surface area contributed by atoms with E-state index >= 15 is 0 Å². The van der Waals surface area contributed by atoms with Gasteiger partial charge in [0, 0.05) is 0 Å². The van der Waals surface area contributed by atoms with Gasteiger partial charge < -0.3 is 19.9 Å². The Balaban J connectivity index is 2.22. The Bertz CT molecular complexity index is 671. The molecule has 0 atom stereocenters. The molecule has 0 radical (unpaired) electrons. The second kappa shape index (κ2) is 6.44. The molecule has 0 spiro atoms. The summed E-state index contributed by atoms with van der Waals surface area (Å²) in [7, 11) is 2.68. The van der Waals surface area contributed by atoms with E-state index in [1.807, 2.05) is 0 Å². The molecule has 116 valence electrons. The Labute approximate surface area is 132 Å². The summed E-state index contributed by atoms with van der Waals surface area (Å²) >= 11 is 5.02. The number of nitrogens with zero attached hydrogens (tertiary/aromatic N) is 1. The number of nitrogens with one attached hydrogen (secondary N) is 1. The van der Waals surface area contributed by atoms with Crippen LogP contribution in [0.15, 0.2) is 23.9 Å². The lowest BCUT2D eigenvalue weighted by Gasteiger charge is -2.11. The Morgan fingerprint density at radius 2 is 2.18 bits per heavy atom. The SMILES string of the molecule is COC(=O)CN1C(=O)/C(=C/c2ccc(OC)c(O)c2)NC1=S. The van der Waals surface area contributed by atoms with Crippen LogP contribution in [0, 0.1) is 0 Å². The van der Waals surface area contributed by atoms with Crippen LogP contribution in [-0.2, 0) is 14.3 Å². The highest BCUT2D eigenvalue weighted by molar-refractivity contribution is 7.80. The Kier molecular flexibility index (Phi) is 4.62. The van der Waals surface area contributed by atoms with Gasteiger partial charge in [-0.1, -0.05) is 6.07 Å². The highest BCUT2D eigenvalue weighted by Crippen LogP contribution is 2.27. The van der Waals surface area contributed by atoms with Gasteiger partial charge in [-0.05, 0) is 36.0 Å². The van der Waals surface area contributed by atoms with Crippen molar-refractivity contribution in [1.82, 2.24) is 10.2 Å². The molecule has 1 aromatic rings. The zero-order chi connectivity index (χ0) is 16.3. The van der Waals surface area contributed by atoms with E-state index in [9.17, 15) is 14.7 Å². The fraction of sp³-hybridized carbons (Fsp3) is 0.214. The van der Waals surface area contributed by atoms with Crippen LogP contribution >= 0.6 is 12.2 Å². The first-order chi connectivity index (χ1) is 10.5. The summed E-state index contributed by atoms with van der Waals surface area (Å²) in [6.07, 6.45) is 1.52. The third-order valence-electron chi connectivity index (χ3n) is 2.99. The van der Waals surface area contributed by atoms with Gasteiger partial charge in [-0.15, -0.1) is 0 Å². The molecule has 0 aromatic heterocycles. The molecule has 1 aliphatic rings. The number of esters is 1. The molecule has 22 heavy (non-hydrogen) atoms. The van der Waals surface area contributed by atoms with E-state index in [0.29, 0.717) is 11.3 Å². The van der Waals surface area contributed by atoms with Crippen molar-refractivity contribution in [3.63, 3.8) is 0 Å². The van der Waals surface area contributed by atoms with Crippen molar-refractivity contribution in [2.45, 2.75) is 0 Å². The zero-order valence-corrected chi connectivity index (χ0v) is 12.8. The van der Waals surface area contributed by atoms with E-state index < -0.39 is 11.9 Å². The quantitative estimate of drug-likeness (QED) is 0.477. The first kappa shape index (κ1) is 15.8. The number of phenolic OH excluding ortho intramolecular Hbond substituents is 1. The smallest absolute Gasteiger partial charge is 0.325 e. The number of amides is 1. The summed E-state index contributed by atoms with van der Waals surface area (Å²) < 4.78 is 9.46. The largest absolute Gasteiger partial charge is 0.504 e. The number of methoxy groups -OCH3 is 2. The minimum atomic E-state index is -0.569. The van der Waals surface area contributed by atoms with Gasteiger partial charge in [-0.2, -0.15) is 0 Å². The predicted octanol–water partition coefficient (Wildman–Crippen LogP) is 0.631. The van der Waals surface area contributed by atoms with E-state index in [0.717, 1.165) is 4.90 Å². The van der Waals surface area contributed by atoms with Crippen LogP contribution in [0.2, 0.25) is 0 Å². The van der Waals surface area contributed by atoms with Crippen molar-refractivity contribution < 1.29 is 24.2 Å². The highest BCUT2D eigenvalue weighted by Gasteiger charge is 2.32. The van der Waals surface area contributed by atoms with E-state index in [1.54, 1.807) is 12.1 Å². The lowest BCUT2D eigenvalue weighted by Crippen LogP contribution is -2.35. The lowest BCUT2D eigenvalue weighted by atomic mass is 10.1. The summed E-state index contributed by atoms with van der Waals surface area (Å²) in [4.78, 5) is 24.6. The number of phenols is 1. The summed E-state index contributed by atoms with van der Waals surface area (Å²) in [6, 6.07) is 4.70. The number of aromatic hydroxyl groups is 1. The van der Waals surface area contributed by atoms with Crippen molar-refractivity contribution in [2.75, 3.05) is 20.8 Å². The van der Waals surface area contributed by atoms with Crippen molar-refractivity contribution in [3.8, 4) is 11.5 Å². The van der Waals surface area contributed by atoms with E-state index in [1.165, 1.54) is 26.4 Å². The fourth-order valence-corrected chi connectivity index (χ4v) is 2.13. The van der Waals surface area contributed by atoms with Crippen molar-refractivity contribution in [1.29, 1.82) is 0 Å². The van der Waals surface area contributed by atoms with E-state index in [2.05, 4.69) is 10.1 Å². The van der Waals surface area contributed by atoms with Gasteiger partial charge in [0.05, 0.1) is 14.2 Å². The molecule has 0 unspecified atom stereocenters. The third-order valence-corrected chi connectivity index (χ3v) is 3.31. The normalized spacial score (nSPS) is 15.9. The lowest BCUT2D eigenvalue weighted by molar-refractivity contribution is -0.143. The summed E-state index contributed by atoms with van der Waals surface area (Å²) in [5, 5.41) is 12.6. The van der Waals surface area contributed by atoms with Crippen LogP contribution in [0.4, 0.5) is 0 Å². The van der Waals surface area contributed by atoms with Gasteiger partial charge in [-0.25, -0.2) is 0 Å². The minimum Gasteiger partial charge on any atom is -0.504 e. The molecule has 7 nitrogen and oxygen atoms in total. The van der Waals surface area contributed by atoms with Crippen LogP contribution in [-0.4, -0.2) is 47.8 Å². The van der Waals surface area contributed by atoms with Crippen LogP contribution < -0.4 is 10.1 Å². The van der Waals surface area contributed by atoms with Crippen molar-refractivity contribution in [2.24, 2.45) is 0 Å². The number of ether oxygens (including phenoxy) is 2. The maximum Gasteiger partial charge on any atom is 0.325 e. The average Bonchev–Trinajstić information content (AvgIpc) is 2.75. The Hall–Kier alpha value is -2.61. The summed E-state index contributed by atoms with van der Waals surface area (Å²) in [6.45, 7) is -0.258. The monoisotopic (exact) mass is 322 g/mol. The van der Waals surface area contributed by atoms with Gasteiger partial charge in [0.2, 0.25) is 0 Å². The molecule has 1 aromatic carbocycles. The van der Waals surface area contributed by atoms with Crippen molar-refractivity contribution in [3.05, 3.63) is 29.5 Å². The van der Waals surface area contributed by atoms with E-state index in [-0.39, 0.29) is 23.1 Å². The minimum absolute atomic E-state index is 0.0451. The number of benzene rings is 1. The number of thiocarbonyl (C=S) groups is 1. The van der Waals surface area contributed by atoms with Gasteiger partial charge >= 0.3 is 5.97 Å². The summed E-state index contributed by atoms with van der Waals surface area (Å²) in [5.74, 6) is -0.724. The van der Waals surface area contributed by atoms with Crippen molar-refractivity contribution >= 4 is 35.3 Å². The molecule has 8 heteroatoms. The van der Waals surface area contributed by atoms with Crippen LogP contribution in [0.1, 0.15) is 5.56 Å². The number of carbonyl (C=O) groups is 2. The first-order valence-electron chi connectivity index (χ1n) is 6.24. The fourth-order valence-electron chi connectivity index (χ4n) is 1.87. The molecule has 1 aliphatic heterocycles. The number of rotatable bonds is 4. The van der Waals surface area contributed by atoms with Crippen LogP contribution in [0.25, 0.3) is 6.08 Å². The zero-order valence-electron chi connectivity index (χ0n) is 12.0. The van der Waals surface area contributed by atoms with Gasteiger partial charge in [-0.3, -0.25) is 14.5 Å². The second-order valence-electron chi connectivity index (χ2n) is 4.39. The molecule has 1 amide bonds. The molecular weight excluding hydrogens is 308 g/mol. The molecule has 1 fully saturated rings. The van der Waals surface area contributed by atoms with Gasteiger partial charge in [0.15, 0.2) is 16.6 Å². The molecule has 2 rings (SSSR count). The Morgan fingerprint density at radius 1 is 1.45 bits per heavy atom. The first-order valence-corrected chi connectivity index (χ1v) is 6.65. The maximum atomic E-state index is 12.2. The third kappa shape index (κ3) is 3.17. The maximum absolute atomic E-state index is 12.2. The molecule has 0 bridgehead atoms. The molecule has 0 aliphatic carbocycles. The average molecular weight is 322 g/mol. The predicted molar refractivity (Wildman–Crippen MR) is 82.1 cm³/mol. The number of carbonyl (C=O) groups excluding carboxylic acids is 2. The summed E-state index contributed by atoms with van der Waals surface area (Å²) in [5.41, 5.74) is 0.787. The Morgan fingerprint density at radius 3 is 2.77 bits per heavy atom. The molecule has 1 saturated heterocycles. The van der Waals surface area contributed by atoms with Gasteiger partial charge in [0.1, 0.15) is 12.2 Å². The van der Waals surface area contributed by atoms with Gasteiger partial charge in [0.25, 0.3) is 5.91 Å². The topological polar surface area (TPSA) is 88.1 Å². The van der Waals surface area contributed by atoms with Crippen LogP contribution in [0.5, 0.6) is 11.5 Å².